The van der Waals surface area contributed by atoms with E-state index in [9.17, 15) is 4.79 Å². The maximum absolute atomic E-state index is 12.3. The second kappa shape index (κ2) is 8.64. The number of carbonyl (C=O) groups excluding carboxylic acids is 1. The molecule has 0 spiro atoms. The Bertz CT molecular complexity index is 798. The number of rotatable bonds is 7. The summed E-state index contributed by atoms with van der Waals surface area (Å²) in [7, 11) is 0. The molecule has 0 aliphatic carbocycles. The molecule has 5 nitrogen and oxygen atoms in total. The van der Waals surface area contributed by atoms with E-state index in [4.69, 9.17) is 17.0 Å². The second-order valence-corrected chi connectivity index (χ2v) is 7.71. The third-order valence-corrected chi connectivity index (χ3v) is 5.39. The average Bonchev–Trinajstić information content (AvgIpc) is 3.03. The lowest BCUT2D eigenvalue weighted by molar-refractivity contribution is -0.114. The van der Waals surface area contributed by atoms with Gasteiger partial charge in [-0.1, -0.05) is 56.3 Å². The van der Waals surface area contributed by atoms with Crippen LogP contribution in [0.5, 0.6) is 0 Å². The van der Waals surface area contributed by atoms with Gasteiger partial charge in [-0.3, -0.25) is 10.2 Å². The summed E-state index contributed by atoms with van der Waals surface area (Å²) in [6.07, 6.45) is 8.49. The van der Waals surface area contributed by atoms with Gasteiger partial charge in [-0.15, -0.1) is 0 Å². The van der Waals surface area contributed by atoms with E-state index < -0.39 is 5.91 Å². The molecule has 136 valence electrons. The topological polar surface area (TPSA) is 68.9 Å². The number of unbranched alkanes of at least 4 members (excludes halogenated alkanes) is 4. The Hall–Kier alpha value is -1.92. The largest absolute Gasteiger partial charge is 0.283 e. The molecule has 2 aliphatic rings. The Labute approximate surface area is 162 Å². The highest BCUT2D eigenvalue weighted by Gasteiger charge is 2.35. The van der Waals surface area contributed by atoms with Crippen LogP contribution in [0.2, 0.25) is 5.02 Å². The van der Waals surface area contributed by atoms with Gasteiger partial charge in [0, 0.05) is 5.02 Å². The molecule has 1 N–H and O–H groups in total. The number of thioether (sulfide) groups is 1. The quantitative estimate of drug-likeness (QED) is 0.507. The van der Waals surface area contributed by atoms with Crippen LogP contribution < -0.4 is 0 Å². The Morgan fingerprint density at radius 2 is 1.92 bits per heavy atom. The molecular weight excluding hydrogens is 368 g/mol. The third kappa shape index (κ3) is 4.43. The molecule has 2 aliphatic heterocycles. The van der Waals surface area contributed by atoms with Crippen LogP contribution in [-0.2, 0) is 4.79 Å². The standard InChI is InChI=1S/C19H21ClN4OS/c1-2-3-4-5-6-7-16-23-24-17(21)15(18(25)22-19(24)26-16)12-13-8-10-14(20)11-9-13/h8-12,21H,2-7H2,1H3/b15-12-,21-17?. The molecule has 1 amide bonds. The van der Waals surface area contributed by atoms with Crippen molar-refractivity contribution in [3.05, 3.63) is 40.4 Å². The first kappa shape index (κ1) is 18.9. The van der Waals surface area contributed by atoms with Crippen molar-refractivity contribution in [2.24, 2.45) is 10.1 Å². The minimum Gasteiger partial charge on any atom is -0.282 e. The zero-order valence-electron chi connectivity index (χ0n) is 14.7. The fourth-order valence-electron chi connectivity index (χ4n) is 2.74. The zero-order chi connectivity index (χ0) is 18.5. The summed E-state index contributed by atoms with van der Waals surface area (Å²) in [5.74, 6) is -0.327. The van der Waals surface area contributed by atoms with Crippen LogP contribution >= 0.6 is 23.4 Å². The van der Waals surface area contributed by atoms with E-state index in [2.05, 4.69) is 17.0 Å². The van der Waals surface area contributed by atoms with Gasteiger partial charge in [0.05, 0.1) is 5.57 Å². The van der Waals surface area contributed by atoms with Crippen molar-refractivity contribution >= 4 is 51.4 Å². The van der Waals surface area contributed by atoms with Crippen LogP contribution in [0.3, 0.4) is 0 Å². The number of hydrogen-bond acceptors (Lipinski definition) is 4. The molecule has 2 heterocycles. The summed E-state index contributed by atoms with van der Waals surface area (Å²) in [5, 5.41) is 16.4. The fraction of sp³-hybridized carbons (Fsp3) is 0.368. The molecule has 0 saturated carbocycles. The third-order valence-electron chi connectivity index (χ3n) is 4.17. The van der Waals surface area contributed by atoms with E-state index in [0.29, 0.717) is 10.2 Å². The molecule has 0 bridgehead atoms. The summed E-state index contributed by atoms with van der Waals surface area (Å²) in [6, 6.07) is 7.11. The van der Waals surface area contributed by atoms with Crippen LogP contribution in [0.4, 0.5) is 0 Å². The van der Waals surface area contributed by atoms with Gasteiger partial charge in [-0.05, 0) is 48.4 Å². The van der Waals surface area contributed by atoms with E-state index in [-0.39, 0.29) is 11.4 Å². The molecule has 26 heavy (non-hydrogen) atoms. The molecular formula is C19H21ClN4OS. The molecule has 0 aromatic heterocycles. The number of amidine groups is 2. The first-order valence-electron chi connectivity index (χ1n) is 8.83. The molecule has 0 radical (unpaired) electrons. The van der Waals surface area contributed by atoms with E-state index in [1.54, 1.807) is 30.3 Å². The van der Waals surface area contributed by atoms with E-state index in [1.807, 2.05) is 0 Å². The smallest absolute Gasteiger partial charge is 0.282 e. The van der Waals surface area contributed by atoms with Crippen molar-refractivity contribution in [2.75, 3.05) is 0 Å². The predicted octanol–water partition coefficient (Wildman–Crippen LogP) is 5.32. The molecule has 0 unspecified atom stereocenters. The maximum Gasteiger partial charge on any atom is 0.283 e. The maximum atomic E-state index is 12.3. The van der Waals surface area contributed by atoms with Gasteiger partial charge < -0.3 is 0 Å². The van der Waals surface area contributed by atoms with Gasteiger partial charge >= 0.3 is 0 Å². The lowest BCUT2D eigenvalue weighted by atomic mass is 10.1. The number of carbonyl (C=O) groups is 1. The number of hydrogen-bond donors (Lipinski definition) is 1. The van der Waals surface area contributed by atoms with Crippen LogP contribution in [0.1, 0.15) is 51.0 Å². The summed E-state index contributed by atoms with van der Waals surface area (Å²) in [6.45, 7) is 2.20. The zero-order valence-corrected chi connectivity index (χ0v) is 16.2. The van der Waals surface area contributed by atoms with Crippen LogP contribution in [0, 0.1) is 5.41 Å². The average molecular weight is 389 g/mol. The summed E-state index contributed by atoms with van der Waals surface area (Å²) in [4.78, 5) is 16.5. The minimum absolute atomic E-state index is 0.0726. The van der Waals surface area contributed by atoms with Gasteiger partial charge in [-0.25, -0.2) is 0 Å². The number of nitrogens with one attached hydrogen (secondary N) is 1. The summed E-state index contributed by atoms with van der Waals surface area (Å²) in [5.41, 5.74) is 1.04. The molecule has 0 saturated heterocycles. The van der Waals surface area contributed by atoms with E-state index >= 15 is 0 Å². The lowest BCUT2D eigenvalue weighted by Crippen LogP contribution is -2.35. The number of nitrogens with zero attached hydrogens (tertiary/aromatic N) is 3. The van der Waals surface area contributed by atoms with E-state index in [0.717, 1.165) is 23.4 Å². The fourth-order valence-corrected chi connectivity index (χ4v) is 3.79. The number of fused-ring (bicyclic) bond motifs is 1. The highest BCUT2D eigenvalue weighted by atomic mass is 35.5. The van der Waals surface area contributed by atoms with Crippen molar-refractivity contribution in [3.63, 3.8) is 0 Å². The number of aliphatic imine (C=N–C) groups is 1. The van der Waals surface area contributed by atoms with Crippen molar-refractivity contribution in [3.8, 4) is 0 Å². The number of amides is 1. The van der Waals surface area contributed by atoms with Gasteiger partial charge in [0.15, 0.2) is 5.84 Å². The monoisotopic (exact) mass is 388 g/mol. The van der Waals surface area contributed by atoms with Crippen LogP contribution in [0.25, 0.3) is 6.08 Å². The normalized spacial score (nSPS) is 18.2. The van der Waals surface area contributed by atoms with Gasteiger partial charge in [-0.2, -0.15) is 15.1 Å². The van der Waals surface area contributed by atoms with Gasteiger partial charge in [0.25, 0.3) is 5.91 Å². The molecule has 7 heteroatoms. The Kier molecular flexibility index (Phi) is 6.27. The Morgan fingerprint density at radius 3 is 2.65 bits per heavy atom. The molecule has 0 atom stereocenters. The van der Waals surface area contributed by atoms with E-state index in [1.165, 1.54) is 42.5 Å². The Morgan fingerprint density at radius 1 is 1.19 bits per heavy atom. The van der Waals surface area contributed by atoms with Gasteiger partial charge in [0.1, 0.15) is 5.04 Å². The highest BCUT2D eigenvalue weighted by molar-refractivity contribution is 8.26. The SMILES string of the molecule is CCCCCCCC1=NN2C(=N)/C(=C/c3ccc(Cl)cc3)C(=O)N=C2S1. The van der Waals surface area contributed by atoms with Gasteiger partial charge in [0.2, 0.25) is 5.17 Å². The van der Waals surface area contributed by atoms with Crippen molar-refractivity contribution in [1.29, 1.82) is 5.41 Å². The lowest BCUT2D eigenvalue weighted by Gasteiger charge is -2.20. The first-order valence-corrected chi connectivity index (χ1v) is 10.0. The minimum atomic E-state index is -0.400. The van der Waals surface area contributed by atoms with Crippen LogP contribution in [0.15, 0.2) is 39.9 Å². The number of halogens is 1. The molecule has 3 rings (SSSR count). The molecule has 1 aromatic carbocycles. The summed E-state index contributed by atoms with van der Waals surface area (Å²) >= 11 is 7.29. The number of hydrazone groups is 1. The molecule has 0 fully saturated rings. The van der Waals surface area contributed by atoms with Crippen molar-refractivity contribution in [1.82, 2.24) is 5.01 Å². The Balaban J connectivity index is 1.70. The van der Waals surface area contributed by atoms with Crippen molar-refractivity contribution < 1.29 is 4.79 Å². The number of benzene rings is 1. The second-order valence-electron chi connectivity index (χ2n) is 6.23. The predicted molar refractivity (Wildman–Crippen MR) is 110 cm³/mol. The highest BCUT2D eigenvalue weighted by Crippen LogP contribution is 2.30. The first-order chi connectivity index (χ1) is 12.6. The van der Waals surface area contributed by atoms with Crippen LogP contribution in [-0.4, -0.2) is 27.0 Å². The summed E-state index contributed by atoms with van der Waals surface area (Å²) < 4.78 is 0. The van der Waals surface area contributed by atoms with Crippen molar-refractivity contribution in [2.45, 2.75) is 45.4 Å². The molecule has 1 aromatic rings.